The van der Waals surface area contributed by atoms with Crippen molar-refractivity contribution in [3.05, 3.63) is 90.6 Å². The fourth-order valence-electron chi connectivity index (χ4n) is 4.34. The van der Waals surface area contributed by atoms with E-state index in [1.54, 1.807) is 42.7 Å². The van der Waals surface area contributed by atoms with Gasteiger partial charge in [0.25, 0.3) is 10.1 Å². The lowest BCUT2D eigenvalue weighted by Gasteiger charge is -2.21. The van der Waals surface area contributed by atoms with Crippen LogP contribution in [0.25, 0.3) is 16.6 Å². The number of rotatable bonds is 10. The maximum absolute atomic E-state index is 15.5. The van der Waals surface area contributed by atoms with Gasteiger partial charge in [0.15, 0.2) is 5.82 Å². The van der Waals surface area contributed by atoms with E-state index in [9.17, 15) is 13.2 Å². The van der Waals surface area contributed by atoms with Crippen molar-refractivity contribution in [2.45, 2.75) is 39.7 Å². The van der Waals surface area contributed by atoms with Crippen molar-refractivity contribution in [3.8, 4) is 17.2 Å². The number of nitrogens with one attached hydrogen (secondary N) is 2. The number of ether oxygens (including phenoxy) is 1. The summed E-state index contributed by atoms with van der Waals surface area (Å²) in [5, 5.41) is 11.6. The van der Waals surface area contributed by atoms with Crippen molar-refractivity contribution in [3.63, 3.8) is 0 Å². The van der Waals surface area contributed by atoms with Crippen LogP contribution in [0.15, 0.2) is 79.1 Å². The number of carbonyl (C=O) groups excluding carboxylic acids is 1. The number of amides is 2. The first-order valence-corrected chi connectivity index (χ1v) is 15.8. The molecule has 0 spiro atoms. The largest absolute Gasteiger partial charge is 0.457 e. The normalized spacial score (nSPS) is 11.6. The molecular formula is C31H32FN7O5S. The van der Waals surface area contributed by atoms with E-state index in [2.05, 4.69) is 25.7 Å². The number of benzene rings is 2. The second-order valence-electron chi connectivity index (χ2n) is 10.8. The van der Waals surface area contributed by atoms with Crippen LogP contribution in [-0.4, -0.2) is 46.5 Å². The smallest absolute Gasteiger partial charge is 0.353 e. The van der Waals surface area contributed by atoms with Crippen LogP contribution in [0.1, 0.15) is 39.3 Å². The number of nitrogens with zero attached hydrogens (tertiary/aromatic N) is 5. The minimum Gasteiger partial charge on any atom is -0.457 e. The number of aromatic nitrogens is 4. The number of urea groups is 1. The molecular weight excluding hydrogens is 601 g/mol. The van der Waals surface area contributed by atoms with Gasteiger partial charge in [0.05, 0.1) is 23.2 Å². The van der Waals surface area contributed by atoms with E-state index in [1.165, 1.54) is 16.8 Å². The number of hydroxylamine groups is 1. The van der Waals surface area contributed by atoms with Crippen molar-refractivity contribution in [2.75, 3.05) is 22.0 Å². The molecule has 0 radical (unpaired) electrons. The third kappa shape index (κ3) is 7.72. The predicted octanol–water partition coefficient (Wildman–Crippen LogP) is 6.62. The molecule has 0 bridgehead atoms. The van der Waals surface area contributed by atoms with E-state index < -0.39 is 27.7 Å². The van der Waals surface area contributed by atoms with Gasteiger partial charge >= 0.3 is 6.03 Å². The van der Waals surface area contributed by atoms with Crippen LogP contribution in [0.4, 0.5) is 26.5 Å². The van der Waals surface area contributed by atoms with Gasteiger partial charge in [0.1, 0.15) is 28.8 Å². The molecule has 5 rings (SSSR count). The monoisotopic (exact) mass is 633 g/mol. The van der Waals surface area contributed by atoms with Crippen LogP contribution in [0, 0.1) is 5.82 Å². The zero-order valence-corrected chi connectivity index (χ0v) is 26.0. The molecule has 2 amide bonds. The van der Waals surface area contributed by atoms with Gasteiger partial charge in [-0.2, -0.15) is 13.5 Å². The van der Waals surface area contributed by atoms with E-state index in [0.717, 1.165) is 23.2 Å². The van der Waals surface area contributed by atoms with E-state index in [-0.39, 0.29) is 23.5 Å². The lowest BCUT2D eigenvalue weighted by atomic mass is 10.1. The van der Waals surface area contributed by atoms with Crippen molar-refractivity contribution >= 4 is 44.4 Å². The second-order valence-corrected chi connectivity index (χ2v) is 12.4. The summed E-state index contributed by atoms with van der Waals surface area (Å²) in [7, 11) is -4.27. The Kier molecular flexibility index (Phi) is 8.97. The predicted molar refractivity (Wildman–Crippen MR) is 170 cm³/mol. The first-order valence-electron chi connectivity index (χ1n) is 14.0. The van der Waals surface area contributed by atoms with Gasteiger partial charge in [-0.1, -0.05) is 19.9 Å². The van der Waals surface area contributed by atoms with Crippen LogP contribution >= 0.6 is 0 Å². The minimum atomic E-state index is -4.27. The lowest BCUT2D eigenvalue weighted by molar-refractivity contribution is 0.225. The zero-order chi connectivity index (χ0) is 32.3. The average Bonchev–Trinajstić information content (AvgIpc) is 3.39. The van der Waals surface area contributed by atoms with Crippen molar-refractivity contribution in [2.24, 2.45) is 0 Å². The quantitative estimate of drug-likeness (QED) is 0.162. The fourth-order valence-corrected chi connectivity index (χ4v) is 4.76. The van der Waals surface area contributed by atoms with E-state index in [0.29, 0.717) is 28.0 Å². The Morgan fingerprint density at radius 3 is 2.44 bits per heavy atom. The summed E-state index contributed by atoms with van der Waals surface area (Å²) in [6.45, 7) is 7.80. The molecule has 0 fully saturated rings. The number of halogens is 1. The molecule has 0 aliphatic carbocycles. The SMILES string of the molecule is CC(C)Nc1cc(Oc2ccc(N(OS(C)(=O)=O)C(=O)Nc3cc(C(C)C)nn3-c3ccc4ncccc4c3)c(F)c2)ccn1. The second kappa shape index (κ2) is 12.9. The molecule has 45 heavy (non-hydrogen) atoms. The Labute approximate surface area is 259 Å². The molecule has 0 atom stereocenters. The van der Waals surface area contributed by atoms with Crippen LogP contribution < -0.4 is 20.4 Å². The molecule has 0 aliphatic heterocycles. The molecule has 0 saturated carbocycles. The number of anilines is 3. The van der Waals surface area contributed by atoms with Gasteiger partial charge in [0, 0.05) is 42.0 Å². The van der Waals surface area contributed by atoms with Gasteiger partial charge in [0.2, 0.25) is 0 Å². The number of pyridine rings is 2. The highest BCUT2D eigenvalue weighted by Gasteiger charge is 2.27. The molecule has 0 saturated heterocycles. The van der Waals surface area contributed by atoms with Crippen molar-refractivity contribution < 1.29 is 26.6 Å². The summed E-state index contributed by atoms with van der Waals surface area (Å²) in [4.78, 5) is 22.1. The van der Waals surface area contributed by atoms with E-state index >= 15 is 4.39 Å². The lowest BCUT2D eigenvalue weighted by Crippen LogP contribution is -2.38. The fraction of sp³-hybridized carbons (Fsp3) is 0.226. The molecule has 2 aromatic carbocycles. The molecule has 0 unspecified atom stereocenters. The van der Waals surface area contributed by atoms with Crippen LogP contribution in [0.3, 0.4) is 0 Å². The summed E-state index contributed by atoms with van der Waals surface area (Å²) >= 11 is 0. The van der Waals surface area contributed by atoms with Gasteiger partial charge in [-0.3, -0.25) is 10.3 Å². The minimum absolute atomic E-state index is 0.00461. The summed E-state index contributed by atoms with van der Waals surface area (Å²) in [6.07, 6.45) is 3.98. The van der Waals surface area contributed by atoms with E-state index in [1.807, 2.05) is 45.9 Å². The first-order chi connectivity index (χ1) is 21.4. The summed E-state index contributed by atoms with van der Waals surface area (Å²) in [5.74, 6) is 0.292. The molecule has 0 aliphatic rings. The standard InChI is InChI=1S/C31H32FN7O5S/c1-19(2)27-18-30(38(37-27)22-8-10-26-21(15-22)7-6-13-33-26)36-31(40)39(44-45(5,41)42)28-11-9-23(16-25(28)32)43-24-12-14-34-29(17-24)35-20(3)4/h6-20H,1-5H3,(H,34,35)(H,36,40). The Balaban J connectivity index is 1.45. The Morgan fingerprint density at radius 1 is 0.956 bits per heavy atom. The highest BCUT2D eigenvalue weighted by atomic mass is 32.2. The molecule has 2 N–H and O–H groups in total. The van der Waals surface area contributed by atoms with Gasteiger partial charge in [-0.05, 0) is 62.2 Å². The Bertz CT molecular complexity index is 1960. The Hall–Kier alpha value is -5.08. The van der Waals surface area contributed by atoms with Crippen molar-refractivity contribution in [1.29, 1.82) is 0 Å². The summed E-state index contributed by atoms with van der Waals surface area (Å²) < 4.78 is 52.1. The third-order valence-corrected chi connectivity index (χ3v) is 6.74. The maximum Gasteiger partial charge on any atom is 0.353 e. The average molecular weight is 634 g/mol. The van der Waals surface area contributed by atoms with Gasteiger partial charge in [-0.15, -0.1) is 9.35 Å². The maximum atomic E-state index is 15.5. The first kappa shape index (κ1) is 31.3. The molecule has 14 heteroatoms. The Morgan fingerprint density at radius 2 is 1.73 bits per heavy atom. The molecule has 3 heterocycles. The highest BCUT2D eigenvalue weighted by Crippen LogP contribution is 2.30. The number of hydrogen-bond acceptors (Lipinski definition) is 9. The van der Waals surface area contributed by atoms with Crippen LogP contribution in [0.5, 0.6) is 11.5 Å². The van der Waals surface area contributed by atoms with Gasteiger partial charge in [-0.25, -0.2) is 18.9 Å². The molecule has 12 nitrogen and oxygen atoms in total. The number of carbonyl (C=O) groups is 1. The number of fused-ring (bicyclic) bond motifs is 1. The third-order valence-electron chi connectivity index (χ3n) is 6.32. The molecule has 3 aromatic heterocycles. The van der Waals surface area contributed by atoms with E-state index in [4.69, 9.17) is 9.02 Å². The summed E-state index contributed by atoms with van der Waals surface area (Å²) in [6, 6.07) is 16.7. The molecule has 5 aromatic rings. The topological polar surface area (TPSA) is 141 Å². The zero-order valence-electron chi connectivity index (χ0n) is 25.2. The summed E-state index contributed by atoms with van der Waals surface area (Å²) in [5.41, 5.74) is 1.58. The van der Waals surface area contributed by atoms with Crippen LogP contribution in [0.2, 0.25) is 0 Å². The van der Waals surface area contributed by atoms with Crippen molar-refractivity contribution in [1.82, 2.24) is 19.7 Å². The van der Waals surface area contributed by atoms with Gasteiger partial charge < -0.3 is 10.1 Å². The molecule has 234 valence electrons. The highest BCUT2D eigenvalue weighted by molar-refractivity contribution is 7.86. The number of hydrogen-bond donors (Lipinski definition) is 2. The van der Waals surface area contributed by atoms with Crippen LogP contribution in [-0.2, 0) is 14.4 Å².